The first-order valence-electron chi connectivity index (χ1n) is 4.89. The SMILES string of the molecule is C=CCSCCNC(N)=NCC(C)C.I. The number of hydrogen-bond acceptors (Lipinski definition) is 2. The Morgan fingerprint density at radius 3 is 2.80 bits per heavy atom. The predicted octanol–water partition coefficient (Wildman–Crippen LogP) is 2.08. The molecule has 0 saturated carbocycles. The van der Waals surface area contributed by atoms with Gasteiger partial charge in [-0.05, 0) is 5.92 Å². The molecule has 0 fully saturated rings. The van der Waals surface area contributed by atoms with Gasteiger partial charge in [0.25, 0.3) is 0 Å². The number of nitrogens with one attached hydrogen (secondary N) is 1. The Morgan fingerprint density at radius 1 is 1.60 bits per heavy atom. The van der Waals surface area contributed by atoms with Crippen LogP contribution in [-0.2, 0) is 0 Å². The second-order valence-electron chi connectivity index (χ2n) is 3.41. The summed E-state index contributed by atoms with van der Waals surface area (Å²) in [5.74, 6) is 3.14. The monoisotopic (exact) mass is 343 g/mol. The van der Waals surface area contributed by atoms with Gasteiger partial charge in [0.05, 0.1) is 0 Å². The van der Waals surface area contributed by atoms with Gasteiger partial charge in [-0.1, -0.05) is 19.9 Å². The van der Waals surface area contributed by atoms with Crippen molar-refractivity contribution in [2.24, 2.45) is 16.6 Å². The zero-order chi connectivity index (χ0) is 10.8. The van der Waals surface area contributed by atoms with Crippen molar-refractivity contribution in [3.05, 3.63) is 12.7 Å². The molecule has 0 aliphatic heterocycles. The molecule has 0 heterocycles. The maximum Gasteiger partial charge on any atom is 0.188 e. The molecular formula is C10H22IN3S. The Balaban J connectivity index is 0. The fourth-order valence-electron chi connectivity index (χ4n) is 0.755. The minimum Gasteiger partial charge on any atom is -0.370 e. The summed E-state index contributed by atoms with van der Waals surface area (Å²) in [7, 11) is 0. The van der Waals surface area contributed by atoms with Crippen LogP contribution >= 0.6 is 35.7 Å². The standard InChI is InChI=1S/C10H21N3S.HI/c1-4-6-14-7-5-12-10(11)13-8-9(2)3;/h4,9H,1,5-8H2,2-3H3,(H3,11,12,13);1H. The van der Waals surface area contributed by atoms with E-state index in [9.17, 15) is 0 Å². The highest BCUT2D eigenvalue weighted by Gasteiger charge is 1.93. The molecule has 5 heteroatoms. The van der Waals surface area contributed by atoms with Gasteiger partial charge >= 0.3 is 0 Å². The molecule has 0 saturated heterocycles. The van der Waals surface area contributed by atoms with E-state index in [1.54, 1.807) is 0 Å². The molecule has 0 unspecified atom stereocenters. The fourth-order valence-corrected chi connectivity index (χ4v) is 1.33. The first-order valence-corrected chi connectivity index (χ1v) is 6.04. The number of nitrogens with zero attached hydrogens (tertiary/aromatic N) is 1. The van der Waals surface area contributed by atoms with E-state index in [1.807, 2.05) is 17.8 Å². The molecule has 0 aromatic heterocycles. The van der Waals surface area contributed by atoms with E-state index in [2.05, 4.69) is 30.7 Å². The largest absolute Gasteiger partial charge is 0.370 e. The van der Waals surface area contributed by atoms with Crippen LogP contribution in [0.4, 0.5) is 0 Å². The predicted molar refractivity (Wildman–Crippen MR) is 82.3 cm³/mol. The fraction of sp³-hybridized carbons (Fsp3) is 0.700. The molecular weight excluding hydrogens is 321 g/mol. The molecule has 0 aromatic rings. The van der Waals surface area contributed by atoms with Crippen LogP contribution in [0.15, 0.2) is 17.6 Å². The number of aliphatic imine (C=N–C) groups is 1. The lowest BCUT2D eigenvalue weighted by Gasteiger charge is -2.05. The number of nitrogens with two attached hydrogens (primary N) is 1. The van der Waals surface area contributed by atoms with Crippen LogP contribution < -0.4 is 11.1 Å². The van der Waals surface area contributed by atoms with Gasteiger partial charge < -0.3 is 11.1 Å². The zero-order valence-corrected chi connectivity index (χ0v) is 12.7. The molecule has 0 atom stereocenters. The van der Waals surface area contributed by atoms with Crippen molar-refractivity contribution < 1.29 is 0 Å². The molecule has 3 N–H and O–H groups in total. The number of halogens is 1. The molecule has 0 aromatic carbocycles. The Bertz CT molecular complexity index is 184. The molecule has 0 aliphatic carbocycles. The van der Waals surface area contributed by atoms with E-state index in [0.29, 0.717) is 11.9 Å². The summed E-state index contributed by atoms with van der Waals surface area (Å²) in [4.78, 5) is 4.20. The zero-order valence-electron chi connectivity index (χ0n) is 9.53. The third kappa shape index (κ3) is 14.1. The lowest BCUT2D eigenvalue weighted by atomic mass is 10.2. The van der Waals surface area contributed by atoms with Crippen molar-refractivity contribution in [1.82, 2.24) is 5.32 Å². The van der Waals surface area contributed by atoms with Crippen molar-refractivity contribution >= 4 is 41.7 Å². The lowest BCUT2D eigenvalue weighted by molar-refractivity contribution is 0.662. The van der Waals surface area contributed by atoms with Crippen molar-refractivity contribution in [2.45, 2.75) is 13.8 Å². The van der Waals surface area contributed by atoms with Gasteiger partial charge in [0, 0.05) is 24.6 Å². The van der Waals surface area contributed by atoms with Gasteiger partial charge in [-0.15, -0.1) is 30.6 Å². The summed E-state index contributed by atoms with van der Waals surface area (Å²) >= 11 is 1.83. The van der Waals surface area contributed by atoms with Crippen LogP contribution in [0.5, 0.6) is 0 Å². The van der Waals surface area contributed by atoms with Crippen LogP contribution in [0.2, 0.25) is 0 Å². The summed E-state index contributed by atoms with van der Waals surface area (Å²) in [6, 6.07) is 0. The smallest absolute Gasteiger partial charge is 0.188 e. The Labute approximate surface area is 114 Å². The molecule has 90 valence electrons. The summed E-state index contributed by atoms with van der Waals surface area (Å²) in [6.45, 7) is 9.55. The van der Waals surface area contributed by atoms with E-state index in [1.165, 1.54) is 0 Å². The molecule has 0 bridgehead atoms. The Kier molecular flexibility index (Phi) is 14.2. The summed E-state index contributed by atoms with van der Waals surface area (Å²) in [5, 5.41) is 3.07. The molecule has 0 aliphatic rings. The summed E-state index contributed by atoms with van der Waals surface area (Å²) < 4.78 is 0. The Hall–Kier alpha value is 0.0900. The van der Waals surface area contributed by atoms with Gasteiger partial charge in [-0.25, -0.2) is 0 Å². The number of thioether (sulfide) groups is 1. The summed E-state index contributed by atoms with van der Waals surface area (Å²) in [5.41, 5.74) is 5.65. The van der Waals surface area contributed by atoms with Crippen LogP contribution in [-0.4, -0.2) is 30.6 Å². The van der Waals surface area contributed by atoms with E-state index < -0.39 is 0 Å². The van der Waals surface area contributed by atoms with Gasteiger partial charge in [-0.2, -0.15) is 11.8 Å². The minimum atomic E-state index is 0. The van der Waals surface area contributed by atoms with E-state index in [0.717, 1.165) is 24.6 Å². The van der Waals surface area contributed by atoms with Crippen molar-refractivity contribution in [2.75, 3.05) is 24.6 Å². The molecule has 15 heavy (non-hydrogen) atoms. The third-order valence-corrected chi connectivity index (χ3v) is 2.38. The average molecular weight is 343 g/mol. The lowest BCUT2D eigenvalue weighted by Crippen LogP contribution is -2.33. The van der Waals surface area contributed by atoms with Gasteiger partial charge in [0.2, 0.25) is 0 Å². The van der Waals surface area contributed by atoms with Crippen molar-refractivity contribution in [1.29, 1.82) is 0 Å². The average Bonchev–Trinajstić information content (AvgIpc) is 2.14. The number of rotatable bonds is 7. The molecule has 0 radical (unpaired) electrons. The van der Waals surface area contributed by atoms with E-state index >= 15 is 0 Å². The number of hydrogen-bond donors (Lipinski definition) is 2. The Morgan fingerprint density at radius 2 is 2.27 bits per heavy atom. The van der Waals surface area contributed by atoms with Crippen molar-refractivity contribution in [3.63, 3.8) is 0 Å². The second kappa shape index (κ2) is 12.2. The molecule has 3 nitrogen and oxygen atoms in total. The van der Waals surface area contributed by atoms with E-state index in [4.69, 9.17) is 5.73 Å². The number of guanidine groups is 1. The van der Waals surface area contributed by atoms with Crippen LogP contribution in [0.3, 0.4) is 0 Å². The molecule has 0 rings (SSSR count). The highest BCUT2D eigenvalue weighted by molar-refractivity contribution is 14.0. The first kappa shape index (κ1) is 17.5. The molecule has 0 spiro atoms. The summed E-state index contributed by atoms with van der Waals surface area (Å²) in [6.07, 6.45) is 1.90. The van der Waals surface area contributed by atoms with Crippen LogP contribution in [0, 0.1) is 5.92 Å². The van der Waals surface area contributed by atoms with Gasteiger partial charge in [-0.3, -0.25) is 4.99 Å². The quantitative estimate of drug-likeness (QED) is 0.245. The topological polar surface area (TPSA) is 50.4 Å². The second-order valence-corrected chi connectivity index (χ2v) is 4.56. The van der Waals surface area contributed by atoms with Crippen LogP contribution in [0.1, 0.15) is 13.8 Å². The minimum absolute atomic E-state index is 0. The van der Waals surface area contributed by atoms with Crippen LogP contribution in [0.25, 0.3) is 0 Å². The van der Waals surface area contributed by atoms with Gasteiger partial charge in [0.1, 0.15) is 0 Å². The van der Waals surface area contributed by atoms with Gasteiger partial charge in [0.15, 0.2) is 5.96 Å². The maximum atomic E-state index is 5.65. The first-order chi connectivity index (χ1) is 6.66. The highest BCUT2D eigenvalue weighted by atomic mass is 127. The maximum absolute atomic E-state index is 5.65. The van der Waals surface area contributed by atoms with E-state index in [-0.39, 0.29) is 24.0 Å². The normalized spacial score (nSPS) is 11.0. The molecule has 0 amide bonds. The third-order valence-electron chi connectivity index (χ3n) is 1.42. The highest BCUT2D eigenvalue weighted by Crippen LogP contribution is 1.96. The van der Waals surface area contributed by atoms with Crippen molar-refractivity contribution in [3.8, 4) is 0 Å².